The number of fused-ring (bicyclic) bond motifs is 1. The van der Waals surface area contributed by atoms with E-state index in [4.69, 9.17) is 9.47 Å². The Hall–Kier alpha value is -2.71. The third-order valence-electron chi connectivity index (χ3n) is 5.61. The Bertz CT molecular complexity index is 1200. The van der Waals surface area contributed by atoms with Crippen LogP contribution in [0.15, 0.2) is 24.5 Å². The van der Waals surface area contributed by atoms with Crippen molar-refractivity contribution >= 4 is 50.6 Å². The van der Waals surface area contributed by atoms with Crippen molar-refractivity contribution in [2.75, 3.05) is 35.1 Å². The van der Waals surface area contributed by atoms with Crippen LogP contribution in [0.1, 0.15) is 26.2 Å². The standard InChI is InChI=1S/C22H26N6O5S2/c1-2-23-20(29)27-21-26-16-8-15(17(9-18(16)35-21)33-12-14-4-3-6-32-14)13-10-24-19(25-11-13)28-22(30,31)5-7-34-28/h8-11,14,30-31H,2-7,12H2,1H3,(H2,23,26,27,29). The number of ether oxygens (including phenoxy) is 2. The number of aromatic nitrogens is 3. The van der Waals surface area contributed by atoms with Gasteiger partial charge in [-0.1, -0.05) is 11.3 Å². The lowest BCUT2D eigenvalue weighted by molar-refractivity contribution is -0.144. The van der Waals surface area contributed by atoms with Gasteiger partial charge in [0.2, 0.25) is 5.95 Å². The molecule has 5 rings (SSSR count). The molecule has 1 unspecified atom stereocenters. The second kappa shape index (κ2) is 10.1. The quantitative estimate of drug-likeness (QED) is 0.272. The molecule has 35 heavy (non-hydrogen) atoms. The summed E-state index contributed by atoms with van der Waals surface area (Å²) in [6.45, 7) is 3.52. The Morgan fingerprint density at radius 1 is 1.34 bits per heavy atom. The van der Waals surface area contributed by atoms with Gasteiger partial charge < -0.3 is 25.0 Å². The van der Waals surface area contributed by atoms with Crippen LogP contribution in [-0.4, -0.2) is 68.7 Å². The number of amides is 2. The molecule has 3 aromatic rings. The van der Waals surface area contributed by atoms with E-state index in [2.05, 4.69) is 25.6 Å². The van der Waals surface area contributed by atoms with Gasteiger partial charge in [0.15, 0.2) is 5.13 Å². The fourth-order valence-corrected chi connectivity index (χ4v) is 5.80. The minimum absolute atomic E-state index is 0.0445. The molecule has 0 radical (unpaired) electrons. The van der Waals surface area contributed by atoms with E-state index in [1.54, 1.807) is 12.4 Å². The predicted octanol–water partition coefficient (Wildman–Crippen LogP) is 2.95. The molecule has 4 N–H and O–H groups in total. The molecule has 2 aliphatic heterocycles. The van der Waals surface area contributed by atoms with Crippen molar-refractivity contribution in [1.82, 2.24) is 20.3 Å². The third kappa shape index (κ3) is 5.28. The van der Waals surface area contributed by atoms with E-state index in [1.165, 1.54) is 27.6 Å². The average Bonchev–Trinajstić information content (AvgIpc) is 3.56. The maximum atomic E-state index is 11.9. The summed E-state index contributed by atoms with van der Waals surface area (Å²) in [7, 11) is 0. The van der Waals surface area contributed by atoms with Crippen molar-refractivity contribution in [1.29, 1.82) is 0 Å². The van der Waals surface area contributed by atoms with Gasteiger partial charge in [0.25, 0.3) is 5.91 Å². The van der Waals surface area contributed by atoms with Crippen molar-refractivity contribution < 1.29 is 24.5 Å². The van der Waals surface area contributed by atoms with Gasteiger partial charge in [-0.05, 0) is 37.8 Å². The van der Waals surface area contributed by atoms with E-state index in [0.29, 0.717) is 40.9 Å². The average molecular weight is 519 g/mol. The zero-order valence-electron chi connectivity index (χ0n) is 19.1. The monoisotopic (exact) mass is 518 g/mol. The second-order valence-electron chi connectivity index (χ2n) is 8.19. The van der Waals surface area contributed by atoms with Crippen LogP contribution >= 0.6 is 23.3 Å². The van der Waals surface area contributed by atoms with Crippen molar-refractivity contribution in [3.63, 3.8) is 0 Å². The van der Waals surface area contributed by atoms with E-state index >= 15 is 0 Å². The third-order valence-corrected chi connectivity index (χ3v) is 7.64. The molecule has 1 atom stereocenters. The van der Waals surface area contributed by atoms with Gasteiger partial charge >= 0.3 is 6.03 Å². The lowest BCUT2D eigenvalue weighted by atomic mass is 10.1. The van der Waals surface area contributed by atoms with E-state index in [1.807, 2.05) is 19.1 Å². The molecule has 2 aromatic heterocycles. The first-order chi connectivity index (χ1) is 16.9. The molecule has 11 nitrogen and oxygen atoms in total. The van der Waals surface area contributed by atoms with Gasteiger partial charge in [-0.25, -0.2) is 24.1 Å². The van der Waals surface area contributed by atoms with Crippen LogP contribution in [0.5, 0.6) is 5.75 Å². The number of thiazole rings is 1. The van der Waals surface area contributed by atoms with Crippen LogP contribution in [0.3, 0.4) is 0 Å². The number of benzene rings is 1. The number of nitrogens with one attached hydrogen (secondary N) is 2. The number of anilines is 2. The van der Waals surface area contributed by atoms with Crippen molar-refractivity contribution in [2.24, 2.45) is 0 Å². The van der Waals surface area contributed by atoms with Crippen LogP contribution in [0, 0.1) is 0 Å². The first kappa shape index (κ1) is 24.0. The Morgan fingerprint density at radius 3 is 2.86 bits per heavy atom. The molecule has 13 heteroatoms. The lowest BCUT2D eigenvalue weighted by Gasteiger charge is -2.26. The summed E-state index contributed by atoms with van der Waals surface area (Å²) in [5, 5.41) is 26.2. The summed E-state index contributed by atoms with van der Waals surface area (Å²) < 4.78 is 14.0. The van der Waals surface area contributed by atoms with Gasteiger partial charge in [0, 0.05) is 54.9 Å². The number of carbonyl (C=O) groups is 1. The Kier molecular flexibility index (Phi) is 6.93. The fraction of sp³-hybridized carbons (Fsp3) is 0.455. The molecule has 0 bridgehead atoms. The first-order valence-corrected chi connectivity index (χ1v) is 13.1. The number of rotatable bonds is 7. The minimum atomic E-state index is -1.98. The minimum Gasteiger partial charge on any atom is -0.490 e. The molecule has 0 spiro atoms. The van der Waals surface area contributed by atoms with Crippen LogP contribution in [-0.2, 0) is 4.74 Å². The van der Waals surface area contributed by atoms with Gasteiger partial charge in [0.05, 0.1) is 16.3 Å². The largest absolute Gasteiger partial charge is 0.490 e. The van der Waals surface area contributed by atoms with Gasteiger partial charge in [-0.3, -0.25) is 5.32 Å². The summed E-state index contributed by atoms with van der Waals surface area (Å²) in [5.41, 5.74) is 2.13. The molecular weight excluding hydrogens is 492 g/mol. The van der Waals surface area contributed by atoms with Crippen molar-refractivity contribution in [2.45, 2.75) is 38.2 Å². The number of nitrogens with zero attached hydrogens (tertiary/aromatic N) is 4. The zero-order chi connectivity index (χ0) is 24.4. The highest BCUT2D eigenvalue weighted by Crippen LogP contribution is 2.39. The molecule has 1 aromatic carbocycles. The highest BCUT2D eigenvalue weighted by molar-refractivity contribution is 8.00. The Morgan fingerprint density at radius 2 is 2.17 bits per heavy atom. The zero-order valence-corrected chi connectivity index (χ0v) is 20.7. The van der Waals surface area contributed by atoms with E-state index in [-0.39, 0.29) is 24.5 Å². The van der Waals surface area contributed by atoms with Crippen LogP contribution < -0.4 is 19.7 Å². The molecular formula is C22H26N6O5S2. The number of hydrogen-bond acceptors (Lipinski definition) is 11. The molecule has 0 aliphatic carbocycles. The highest BCUT2D eigenvalue weighted by Gasteiger charge is 2.40. The van der Waals surface area contributed by atoms with Crippen LogP contribution in [0.25, 0.3) is 21.3 Å². The molecule has 2 fully saturated rings. The molecule has 4 heterocycles. The van der Waals surface area contributed by atoms with Gasteiger partial charge in [-0.15, -0.1) is 0 Å². The molecule has 186 valence electrons. The predicted molar refractivity (Wildman–Crippen MR) is 135 cm³/mol. The second-order valence-corrected chi connectivity index (χ2v) is 10.3. The molecule has 2 saturated heterocycles. The number of urea groups is 1. The summed E-state index contributed by atoms with van der Waals surface area (Å²) in [6.07, 6.45) is 5.47. The number of hydrogen-bond donors (Lipinski definition) is 4. The Balaban J connectivity index is 1.46. The first-order valence-electron chi connectivity index (χ1n) is 11.4. The molecule has 2 amide bonds. The van der Waals surface area contributed by atoms with Gasteiger partial charge in [0.1, 0.15) is 12.4 Å². The fourth-order valence-electron chi connectivity index (χ4n) is 3.88. The molecule has 0 saturated carbocycles. The topological polar surface area (TPSA) is 142 Å². The summed E-state index contributed by atoms with van der Waals surface area (Å²) in [4.78, 5) is 25.2. The maximum absolute atomic E-state index is 11.9. The SMILES string of the molecule is CCNC(=O)Nc1nc2cc(-c3cnc(N4SCCC4(O)O)nc3)c(OCC3CCCO3)cc2s1. The van der Waals surface area contributed by atoms with Crippen molar-refractivity contribution in [3.8, 4) is 16.9 Å². The normalized spacial score (nSPS) is 19.3. The van der Waals surface area contributed by atoms with Crippen molar-refractivity contribution in [3.05, 3.63) is 24.5 Å². The maximum Gasteiger partial charge on any atom is 0.321 e. The number of carbonyl (C=O) groups excluding carboxylic acids is 1. The summed E-state index contributed by atoms with van der Waals surface area (Å²) in [6, 6.07) is 3.47. The van der Waals surface area contributed by atoms with E-state index in [0.717, 1.165) is 29.7 Å². The lowest BCUT2D eigenvalue weighted by Crippen LogP contribution is -2.41. The van der Waals surface area contributed by atoms with E-state index < -0.39 is 5.91 Å². The summed E-state index contributed by atoms with van der Waals surface area (Å²) >= 11 is 2.62. The summed E-state index contributed by atoms with van der Waals surface area (Å²) in [5.74, 6) is -0.570. The van der Waals surface area contributed by atoms with Crippen LogP contribution in [0.4, 0.5) is 15.9 Å². The van der Waals surface area contributed by atoms with Crippen LogP contribution in [0.2, 0.25) is 0 Å². The number of aliphatic hydroxyl groups is 2. The van der Waals surface area contributed by atoms with E-state index in [9.17, 15) is 15.0 Å². The highest BCUT2D eigenvalue weighted by atomic mass is 32.2. The Labute approximate surface area is 210 Å². The molecule has 2 aliphatic rings. The van der Waals surface area contributed by atoms with Gasteiger partial charge in [-0.2, -0.15) is 0 Å². The smallest absolute Gasteiger partial charge is 0.321 e.